The minimum absolute atomic E-state index is 0.786. The van der Waals surface area contributed by atoms with Crippen molar-refractivity contribution in [2.45, 2.75) is 6.54 Å². The Morgan fingerprint density at radius 2 is 1.74 bits per heavy atom. The Labute approximate surface area is 150 Å². The Hall–Kier alpha value is -1.23. The van der Waals surface area contributed by atoms with Crippen LogP contribution >= 0.6 is 27.5 Å². The van der Waals surface area contributed by atoms with Crippen LogP contribution in [0.2, 0.25) is 5.02 Å². The maximum absolute atomic E-state index is 5.96. The highest BCUT2D eigenvalue weighted by Gasteiger charge is 2.18. The quantitative estimate of drug-likeness (QED) is 0.761. The zero-order valence-electron chi connectivity index (χ0n) is 13.1. The molecule has 0 spiro atoms. The molecule has 0 N–H and O–H groups in total. The molecular weight excluding hydrogens is 376 g/mol. The minimum Gasteiger partial charge on any atom is -0.496 e. The van der Waals surface area contributed by atoms with Gasteiger partial charge < -0.3 is 9.64 Å². The molecule has 5 heteroatoms. The molecule has 2 aromatic carbocycles. The summed E-state index contributed by atoms with van der Waals surface area (Å²) >= 11 is 9.51. The van der Waals surface area contributed by atoms with Crippen LogP contribution in [0.1, 0.15) is 5.56 Å². The number of ether oxygens (including phenoxy) is 1. The Morgan fingerprint density at radius 3 is 2.39 bits per heavy atom. The monoisotopic (exact) mass is 394 g/mol. The van der Waals surface area contributed by atoms with E-state index in [0.29, 0.717) is 0 Å². The molecule has 1 heterocycles. The smallest absolute Gasteiger partial charge is 0.123 e. The molecule has 0 aliphatic carbocycles. The molecule has 3 rings (SSSR count). The summed E-state index contributed by atoms with van der Waals surface area (Å²) in [6.07, 6.45) is 0. The molecule has 0 radical (unpaired) electrons. The SMILES string of the molecule is COc1ccc(Br)cc1CN1CCN(c2ccc(Cl)cc2)CC1. The predicted octanol–water partition coefficient (Wildman–Crippen LogP) is 4.43. The Balaban J connectivity index is 1.61. The van der Waals surface area contributed by atoms with E-state index in [1.165, 1.54) is 11.3 Å². The number of hydrogen-bond donors (Lipinski definition) is 0. The summed E-state index contributed by atoms with van der Waals surface area (Å²) in [5.74, 6) is 0.952. The third-order valence-electron chi connectivity index (χ3n) is 4.20. The van der Waals surface area contributed by atoms with Crippen molar-refractivity contribution in [3.63, 3.8) is 0 Å². The van der Waals surface area contributed by atoms with Crippen molar-refractivity contribution in [3.8, 4) is 5.75 Å². The van der Waals surface area contributed by atoms with E-state index in [4.69, 9.17) is 16.3 Å². The summed E-state index contributed by atoms with van der Waals surface area (Å²) in [5, 5.41) is 0.786. The highest BCUT2D eigenvalue weighted by molar-refractivity contribution is 9.10. The number of hydrogen-bond acceptors (Lipinski definition) is 3. The maximum Gasteiger partial charge on any atom is 0.123 e. The predicted molar refractivity (Wildman–Crippen MR) is 99.6 cm³/mol. The Kier molecular flexibility index (Phi) is 5.46. The number of nitrogens with zero attached hydrogens (tertiary/aromatic N) is 2. The standard InChI is InChI=1S/C18H20BrClN2O/c1-23-18-7-2-15(19)12-14(18)13-21-8-10-22(11-9-21)17-5-3-16(20)4-6-17/h2-7,12H,8-11,13H2,1H3. The van der Waals surface area contributed by atoms with E-state index < -0.39 is 0 Å². The first-order valence-corrected chi connectivity index (χ1v) is 8.88. The van der Waals surface area contributed by atoms with Gasteiger partial charge in [-0.1, -0.05) is 27.5 Å². The van der Waals surface area contributed by atoms with Crippen molar-refractivity contribution in [3.05, 3.63) is 57.5 Å². The average molecular weight is 396 g/mol. The lowest BCUT2D eigenvalue weighted by molar-refractivity contribution is 0.246. The third kappa shape index (κ3) is 4.19. The van der Waals surface area contributed by atoms with Crippen molar-refractivity contribution in [2.75, 3.05) is 38.2 Å². The zero-order valence-corrected chi connectivity index (χ0v) is 15.5. The first kappa shape index (κ1) is 16.6. The summed E-state index contributed by atoms with van der Waals surface area (Å²) in [4.78, 5) is 4.88. The van der Waals surface area contributed by atoms with Crippen LogP contribution in [0.3, 0.4) is 0 Å². The molecule has 1 saturated heterocycles. The van der Waals surface area contributed by atoms with Gasteiger partial charge in [-0.3, -0.25) is 4.90 Å². The fourth-order valence-corrected chi connectivity index (χ4v) is 3.46. The topological polar surface area (TPSA) is 15.7 Å². The number of methoxy groups -OCH3 is 1. The summed E-state index contributed by atoms with van der Waals surface area (Å²) in [5.41, 5.74) is 2.47. The number of halogens is 2. The van der Waals surface area contributed by atoms with Crippen LogP contribution in [-0.4, -0.2) is 38.2 Å². The van der Waals surface area contributed by atoms with Crippen LogP contribution in [0.25, 0.3) is 0 Å². The molecule has 1 fully saturated rings. The highest BCUT2D eigenvalue weighted by Crippen LogP contribution is 2.25. The molecule has 0 saturated carbocycles. The van der Waals surface area contributed by atoms with Crippen LogP contribution in [-0.2, 0) is 6.54 Å². The lowest BCUT2D eigenvalue weighted by Crippen LogP contribution is -2.46. The fraction of sp³-hybridized carbons (Fsp3) is 0.333. The van der Waals surface area contributed by atoms with E-state index in [1.54, 1.807) is 7.11 Å². The van der Waals surface area contributed by atoms with Crippen LogP contribution < -0.4 is 9.64 Å². The fourth-order valence-electron chi connectivity index (χ4n) is 2.93. The van der Waals surface area contributed by atoms with E-state index in [1.807, 2.05) is 24.3 Å². The van der Waals surface area contributed by atoms with Crippen molar-refractivity contribution >= 4 is 33.2 Å². The molecule has 1 aliphatic heterocycles. The largest absolute Gasteiger partial charge is 0.496 e. The second kappa shape index (κ2) is 7.56. The minimum atomic E-state index is 0.786. The van der Waals surface area contributed by atoms with Gasteiger partial charge in [0.15, 0.2) is 0 Å². The Morgan fingerprint density at radius 1 is 1.04 bits per heavy atom. The summed E-state index contributed by atoms with van der Waals surface area (Å²) < 4.78 is 6.56. The van der Waals surface area contributed by atoms with Crippen LogP contribution in [0.15, 0.2) is 46.9 Å². The van der Waals surface area contributed by atoms with E-state index in [-0.39, 0.29) is 0 Å². The molecule has 0 bridgehead atoms. The first-order chi connectivity index (χ1) is 11.2. The zero-order chi connectivity index (χ0) is 16.2. The van der Waals surface area contributed by atoms with Crippen molar-refractivity contribution < 1.29 is 4.74 Å². The summed E-state index contributed by atoms with van der Waals surface area (Å²) in [7, 11) is 1.73. The number of rotatable bonds is 4. The van der Waals surface area contributed by atoms with Gasteiger partial charge in [0.2, 0.25) is 0 Å². The number of piperazine rings is 1. The molecule has 0 amide bonds. The van der Waals surface area contributed by atoms with Gasteiger partial charge in [-0.2, -0.15) is 0 Å². The van der Waals surface area contributed by atoms with Gasteiger partial charge in [-0.15, -0.1) is 0 Å². The van der Waals surface area contributed by atoms with Crippen LogP contribution in [0.5, 0.6) is 5.75 Å². The van der Waals surface area contributed by atoms with Crippen molar-refractivity contribution in [2.24, 2.45) is 0 Å². The molecule has 2 aromatic rings. The first-order valence-electron chi connectivity index (χ1n) is 7.71. The lowest BCUT2D eigenvalue weighted by Gasteiger charge is -2.36. The summed E-state index contributed by atoms with van der Waals surface area (Å²) in [6, 6.07) is 14.3. The van der Waals surface area contributed by atoms with Gasteiger partial charge in [0, 0.05) is 53.5 Å². The van der Waals surface area contributed by atoms with Gasteiger partial charge in [-0.25, -0.2) is 0 Å². The van der Waals surface area contributed by atoms with Crippen molar-refractivity contribution in [1.82, 2.24) is 4.90 Å². The Bertz CT molecular complexity index is 655. The normalized spacial score (nSPS) is 15.7. The van der Waals surface area contributed by atoms with Gasteiger partial charge in [0.05, 0.1) is 7.11 Å². The second-order valence-corrected chi connectivity index (χ2v) is 7.05. The molecule has 0 unspecified atom stereocenters. The highest BCUT2D eigenvalue weighted by atomic mass is 79.9. The third-order valence-corrected chi connectivity index (χ3v) is 4.95. The molecule has 0 atom stereocenters. The molecule has 23 heavy (non-hydrogen) atoms. The number of benzene rings is 2. The molecule has 122 valence electrons. The molecule has 0 aromatic heterocycles. The molecular formula is C18H20BrClN2O. The van der Waals surface area contributed by atoms with E-state index >= 15 is 0 Å². The lowest BCUT2D eigenvalue weighted by atomic mass is 10.1. The average Bonchev–Trinajstić information content (AvgIpc) is 2.57. The van der Waals surface area contributed by atoms with E-state index in [0.717, 1.165) is 48.0 Å². The number of anilines is 1. The molecule has 1 aliphatic rings. The van der Waals surface area contributed by atoms with Gasteiger partial charge >= 0.3 is 0 Å². The van der Waals surface area contributed by atoms with Gasteiger partial charge in [0.1, 0.15) is 5.75 Å². The maximum atomic E-state index is 5.96. The van der Waals surface area contributed by atoms with Crippen LogP contribution in [0.4, 0.5) is 5.69 Å². The van der Waals surface area contributed by atoms with Gasteiger partial charge in [-0.05, 0) is 42.5 Å². The van der Waals surface area contributed by atoms with E-state index in [2.05, 4.69) is 43.9 Å². The second-order valence-electron chi connectivity index (χ2n) is 5.70. The van der Waals surface area contributed by atoms with Crippen LogP contribution in [0, 0.1) is 0 Å². The van der Waals surface area contributed by atoms with Crippen molar-refractivity contribution in [1.29, 1.82) is 0 Å². The summed E-state index contributed by atoms with van der Waals surface area (Å²) in [6.45, 7) is 5.05. The van der Waals surface area contributed by atoms with Gasteiger partial charge in [0.25, 0.3) is 0 Å². The van der Waals surface area contributed by atoms with E-state index in [9.17, 15) is 0 Å². The molecule has 3 nitrogen and oxygen atoms in total.